The number of amides is 1. The van der Waals surface area contributed by atoms with E-state index in [1.54, 1.807) is 4.68 Å². The number of hydrogen-bond acceptors (Lipinski definition) is 4. The van der Waals surface area contributed by atoms with Crippen molar-refractivity contribution in [3.05, 3.63) is 113 Å². The fourth-order valence-corrected chi connectivity index (χ4v) is 4.11. The Labute approximate surface area is 196 Å². The van der Waals surface area contributed by atoms with E-state index in [-0.39, 0.29) is 17.9 Å². The summed E-state index contributed by atoms with van der Waals surface area (Å²) in [5.74, 6) is 0.669. The summed E-state index contributed by atoms with van der Waals surface area (Å²) >= 11 is 6.53. The van der Waals surface area contributed by atoms with E-state index in [9.17, 15) is 4.79 Å². The highest BCUT2D eigenvalue weighted by Gasteiger charge is 2.27. The predicted octanol–water partition coefficient (Wildman–Crippen LogP) is 5.56. The van der Waals surface area contributed by atoms with Crippen LogP contribution in [0.4, 0.5) is 11.9 Å². The number of carbonyl (C=O) groups is 1. The number of anilines is 2. The Bertz CT molecular complexity index is 1300. The van der Waals surface area contributed by atoms with E-state index in [0.29, 0.717) is 23.8 Å². The van der Waals surface area contributed by atoms with E-state index in [0.717, 1.165) is 22.4 Å². The Morgan fingerprint density at radius 1 is 0.970 bits per heavy atom. The summed E-state index contributed by atoms with van der Waals surface area (Å²) in [5.41, 5.74) is 3.95. The van der Waals surface area contributed by atoms with Crippen LogP contribution in [0, 0.1) is 0 Å². The molecule has 1 aliphatic heterocycles. The number of fused-ring (bicyclic) bond motifs is 1. The first-order valence-corrected chi connectivity index (χ1v) is 11.1. The lowest BCUT2D eigenvalue weighted by Gasteiger charge is -2.24. The molecule has 1 aromatic heterocycles. The Hall–Kier alpha value is -3.90. The van der Waals surface area contributed by atoms with Gasteiger partial charge in [-0.1, -0.05) is 90.5 Å². The molecule has 0 bridgehead atoms. The first kappa shape index (κ1) is 21.0. The van der Waals surface area contributed by atoms with Crippen LogP contribution in [0.15, 0.2) is 91.0 Å². The molecule has 0 fully saturated rings. The topological polar surface area (TPSA) is 71.8 Å². The molecule has 5 rings (SSSR count). The zero-order valence-electron chi connectivity index (χ0n) is 17.8. The van der Waals surface area contributed by atoms with Gasteiger partial charge < -0.3 is 5.32 Å². The normalized spacial score (nSPS) is 14.7. The lowest BCUT2D eigenvalue weighted by atomic mass is 10.0. The third-order valence-corrected chi connectivity index (χ3v) is 5.85. The smallest absolute Gasteiger partial charge is 0.250 e. The molecule has 1 atom stereocenters. The number of nitrogens with one attached hydrogen (secondary N) is 2. The van der Waals surface area contributed by atoms with Crippen molar-refractivity contribution < 1.29 is 4.79 Å². The van der Waals surface area contributed by atoms with Crippen LogP contribution in [-0.2, 0) is 11.2 Å². The number of aryl methyl sites for hydroxylation is 1. The number of rotatable bonds is 6. The molecule has 4 aromatic rings. The number of aromatic nitrogens is 3. The van der Waals surface area contributed by atoms with Gasteiger partial charge in [0.1, 0.15) is 6.04 Å². The average Bonchev–Trinajstić information content (AvgIpc) is 3.26. The molecule has 33 heavy (non-hydrogen) atoms. The van der Waals surface area contributed by atoms with Gasteiger partial charge in [0.15, 0.2) is 0 Å². The Kier molecular flexibility index (Phi) is 5.91. The van der Waals surface area contributed by atoms with Crippen molar-refractivity contribution in [3.63, 3.8) is 0 Å². The molecule has 0 saturated carbocycles. The van der Waals surface area contributed by atoms with E-state index in [1.165, 1.54) is 0 Å². The van der Waals surface area contributed by atoms with Gasteiger partial charge in [0.25, 0.3) is 5.95 Å². The second-order valence-corrected chi connectivity index (χ2v) is 8.18. The molecule has 1 aliphatic rings. The van der Waals surface area contributed by atoms with Crippen molar-refractivity contribution in [1.29, 1.82) is 0 Å². The summed E-state index contributed by atoms with van der Waals surface area (Å²) in [5, 5.41) is 11.4. The van der Waals surface area contributed by atoms with Crippen LogP contribution in [0.1, 0.15) is 29.2 Å². The summed E-state index contributed by atoms with van der Waals surface area (Å²) in [4.78, 5) is 17.1. The minimum Gasteiger partial charge on any atom is -0.324 e. The van der Waals surface area contributed by atoms with Gasteiger partial charge in [-0.3, -0.25) is 10.1 Å². The molecule has 2 heterocycles. The molecule has 164 valence electrons. The summed E-state index contributed by atoms with van der Waals surface area (Å²) in [6.45, 7) is 0. The predicted molar refractivity (Wildman–Crippen MR) is 131 cm³/mol. The van der Waals surface area contributed by atoms with Crippen molar-refractivity contribution in [3.8, 4) is 0 Å². The standard InChI is InChI=1S/C26H22ClN5O/c27-21-14-8-7-13-20(21)23-17-22(19-11-5-2-6-12-19)28-26-30-25(31-32(23)26)29-24(33)16-15-18-9-3-1-4-10-18/h1-14,17,23H,15-16H2,(H2,28,29,30,31,33). The van der Waals surface area contributed by atoms with Gasteiger partial charge in [0.2, 0.25) is 11.9 Å². The van der Waals surface area contributed by atoms with Crippen molar-refractivity contribution in [2.45, 2.75) is 18.9 Å². The molecule has 0 saturated heterocycles. The molecule has 1 unspecified atom stereocenters. The summed E-state index contributed by atoms with van der Waals surface area (Å²) in [7, 11) is 0. The lowest BCUT2D eigenvalue weighted by molar-refractivity contribution is -0.116. The number of nitrogens with zero attached hydrogens (tertiary/aromatic N) is 3. The van der Waals surface area contributed by atoms with Crippen LogP contribution >= 0.6 is 11.6 Å². The largest absolute Gasteiger partial charge is 0.324 e. The van der Waals surface area contributed by atoms with Crippen molar-refractivity contribution in [2.24, 2.45) is 0 Å². The van der Waals surface area contributed by atoms with Gasteiger partial charge in [-0.2, -0.15) is 4.98 Å². The summed E-state index contributed by atoms with van der Waals surface area (Å²) < 4.78 is 1.75. The third-order valence-electron chi connectivity index (χ3n) is 5.51. The first-order valence-electron chi connectivity index (χ1n) is 10.8. The van der Waals surface area contributed by atoms with E-state index < -0.39 is 0 Å². The van der Waals surface area contributed by atoms with Crippen LogP contribution in [0.5, 0.6) is 0 Å². The molecule has 3 aromatic carbocycles. The van der Waals surface area contributed by atoms with Gasteiger partial charge in [0.05, 0.1) is 0 Å². The van der Waals surface area contributed by atoms with Gasteiger partial charge in [-0.05, 0) is 35.3 Å². The second kappa shape index (κ2) is 9.30. The summed E-state index contributed by atoms with van der Waals surface area (Å²) in [6, 6.07) is 27.3. The third kappa shape index (κ3) is 4.66. The Morgan fingerprint density at radius 2 is 1.67 bits per heavy atom. The molecular weight excluding hydrogens is 434 g/mol. The average molecular weight is 456 g/mol. The molecule has 0 aliphatic carbocycles. The zero-order chi connectivity index (χ0) is 22.6. The van der Waals surface area contributed by atoms with Crippen molar-refractivity contribution >= 4 is 35.1 Å². The minimum atomic E-state index is -0.271. The number of allylic oxidation sites excluding steroid dienone is 1. The minimum absolute atomic E-state index is 0.132. The number of benzene rings is 3. The lowest BCUT2D eigenvalue weighted by Crippen LogP contribution is -2.20. The highest BCUT2D eigenvalue weighted by Crippen LogP contribution is 2.35. The maximum atomic E-state index is 12.5. The van der Waals surface area contributed by atoms with Crippen LogP contribution in [0.25, 0.3) is 5.70 Å². The molecule has 2 N–H and O–H groups in total. The Balaban J connectivity index is 1.41. The van der Waals surface area contributed by atoms with Gasteiger partial charge in [-0.15, -0.1) is 5.10 Å². The second-order valence-electron chi connectivity index (χ2n) is 7.78. The van der Waals surface area contributed by atoms with Gasteiger partial charge in [0, 0.05) is 17.1 Å². The van der Waals surface area contributed by atoms with Crippen LogP contribution in [0.3, 0.4) is 0 Å². The molecule has 1 amide bonds. The Morgan fingerprint density at radius 3 is 2.42 bits per heavy atom. The van der Waals surface area contributed by atoms with Crippen molar-refractivity contribution in [2.75, 3.05) is 10.6 Å². The maximum Gasteiger partial charge on any atom is 0.250 e. The van der Waals surface area contributed by atoms with Crippen LogP contribution in [-0.4, -0.2) is 20.7 Å². The first-order chi connectivity index (χ1) is 16.2. The molecule has 6 nitrogen and oxygen atoms in total. The van der Waals surface area contributed by atoms with Crippen molar-refractivity contribution in [1.82, 2.24) is 14.8 Å². The number of halogens is 1. The summed E-state index contributed by atoms with van der Waals surface area (Å²) in [6.07, 6.45) is 3.07. The zero-order valence-corrected chi connectivity index (χ0v) is 18.5. The molecule has 0 radical (unpaired) electrons. The highest BCUT2D eigenvalue weighted by molar-refractivity contribution is 6.31. The SMILES string of the molecule is O=C(CCc1ccccc1)Nc1nc2n(n1)C(c1ccccc1Cl)C=C(c1ccccc1)N2. The fourth-order valence-electron chi connectivity index (χ4n) is 3.86. The molecule has 0 spiro atoms. The maximum absolute atomic E-state index is 12.5. The van der Waals surface area contributed by atoms with E-state index in [2.05, 4.69) is 26.8 Å². The quantitative estimate of drug-likeness (QED) is 0.399. The monoisotopic (exact) mass is 455 g/mol. The number of carbonyl (C=O) groups excluding carboxylic acids is 1. The number of hydrogen-bond donors (Lipinski definition) is 2. The fraction of sp³-hybridized carbons (Fsp3) is 0.115. The van der Waals surface area contributed by atoms with Crippen LogP contribution < -0.4 is 10.6 Å². The van der Waals surface area contributed by atoms with E-state index in [1.807, 2.05) is 84.9 Å². The van der Waals surface area contributed by atoms with E-state index in [4.69, 9.17) is 11.6 Å². The van der Waals surface area contributed by atoms with Crippen LogP contribution in [0.2, 0.25) is 5.02 Å². The highest BCUT2D eigenvalue weighted by atomic mass is 35.5. The van der Waals surface area contributed by atoms with Gasteiger partial charge >= 0.3 is 0 Å². The van der Waals surface area contributed by atoms with Gasteiger partial charge in [-0.25, -0.2) is 4.68 Å². The molecule has 7 heteroatoms. The van der Waals surface area contributed by atoms with E-state index >= 15 is 0 Å². The molecular formula is C26H22ClN5O.